The average molecular weight is 263 g/mol. The number of rotatable bonds is 1. The third kappa shape index (κ3) is 4.72. The molecule has 6 nitrogen and oxygen atoms in total. The third-order valence-corrected chi connectivity index (χ3v) is 3.92. The standard InChI is InChI=1S/C10H17NO5S/c1-10(2,3)16-9(13)8(12)11-7-4-5-17(14,15)6-7/h7H,4-6H2,1-3H3,(H,11,12). The molecule has 7 heteroatoms. The van der Waals surface area contributed by atoms with Crippen LogP contribution >= 0.6 is 0 Å². The van der Waals surface area contributed by atoms with Gasteiger partial charge in [0.2, 0.25) is 0 Å². The van der Waals surface area contributed by atoms with Crippen LogP contribution in [0.4, 0.5) is 0 Å². The van der Waals surface area contributed by atoms with E-state index in [4.69, 9.17) is 4.74 Å². The van der Waals surface area contributed by atoms with Crippen LogP contribution in [0.1, 0.15) is 27.2 Å². The number of carbonyl (C=O) groups excluding carboxylic acids is 2. The quantitative estimate of drug-likeness (QED) is 0.515. The normalized spacial score (nSPS) is 23.1. The second-order valence-electron chi connectivity index (χ2n) is 5.08. The lowest BCUT2D eigenvalue weighted by molar-refractivity contribution is -0.163. The van der Waals surface area contributed by atoms with Gasteiger partial charge in [-0.05, 0) is 27.2 Å². The SMILES string of the molecule is CC(C)(C)OC(=O)C(=O)NC1CCS(=O)(=O)C1. The van der Waals surface area contributed by atoms with Gasteiger partial charge in [-0.2, -0.15) is 0 Å². The van der Waals surface area contributed by atoms with Crippen molar-refractivity contribution in [3.05, 3.63) is 0 Å². The molecule has 1 saturated heterocycles. The molecule has 98 valence electrons. The van der Waals surface area contributed by atoms with Crippen molar-refractivity contribution in [3.8, 4) is 0 Å². The molecule has 0 bridgehead atoms. The molecule has 0 aromatic carbocycles. The van der Waals surface area contributed by atoms with E-state index in [9.17, 15) is 18.0 Å². The zero-order valence-electron chi connectivity index (χ0n) is 10.1. The fourth-order valence-electron chi connectivity index (χ4n) is 1.48. The first-order chi connectivity index (χ1) is 7.59. The summed E-state index contributed by atoms with van der Waals surface area (Å²) in [7, 11) is -3.07. The van der Waals surface area contributed by atoms with Crippen molar-refractivity contribution < 1.29 is 22.7 Å². The number of hydrogen-bond acceptors (Lipinski definition) is 5. The maximum absolute atomic E-state index is 11.4. The van der Waals surface area contributed by atoms with Crippen molar-refractivity contribution in [3.63, 3.8) is 0 Å². The maximum Gasteiger partial charge on any atom is 0.397 e. The molecule has 1 heterocycles. The summed E-state index contributed by atoms with van der Waals surface area (Å²) in [6.07, 6.45) is 0.344. The molecule has 0 saturated carbocycles. The second-order valence-corrected chi connectivity index (χ2v) is 7.30. The molecule has 1 aliphatic rings. The van der Waals surface area contributed by atoms with Crippen molar-refractivity contribution in [2.45, 2.75) is 38.8 Å². The number of hydrogen-bond donors (Lipinski definition) is 1. The summed E-state index contributed by atoms with van der Waals surface area (Å²) >= 11 is 0. The van der Waals surface area contributed by atoms with E-state index in [0.29, 0.717) is 6.42 Å². The van der Waals surface area contributed by atoms with Crippen LogP contribution in [-0.4, -0.2) is 43.4 Å². The van der Waals surface area contributed by atoms with Crippen LogP contribution in [0.15, 0.2) is 0 Å². The highest BCUT2D eigenvalue weighted by atomic mass is 32.2. The molecule has 1 N–H and O–H groups in total. The molecule has 1 atom stereocenters. The fraction of sp³-hybridized carbons (Fsp3) is 0.800. The molecule has 1 rings (SSSR count). The average Bonchev–Trinajstić information content (AvgIpc) is 2.42. The number of esters is 1. The van der Waals surface area contributed by atoms with Crippen molar-refractivity contribution in [2.24, 2.45) is 0 Å². The summed E-state index contributed by atoms with van der Waals surface area (Å²) in [5.74, 6) is -1.93. The van der Waals surface area contributed by atoms with E-state index in [0.717, 1.165) is 0 Å². The minimum absolute atomic E-state index is 0.0479. The molecule has 1 amide bonds. The van der Waals surface area contributed by atoms with E-state index in [1.807, 2.05) is 0 Å². The number of ether oxygens (including phenoxy) is 1. The summed E-state index contributed by atoms with van der Waals surface area (Å²) in [5.41, 5.74) is -0.740. The van der Waals surface area contributed by atoms with Gasteiger partial charge in [0.15, 0.2) is 9.84 Å². The largest absolute Gasteiger partial charge is 0.453 e. The summed E-state index contributed by atoms with van der Waals surface area (Å²) in [4.78, 5) is 22.7. The monoisotopic (exact) mass is 263 g/mol. The lowest BCUT2D eigenvalue weighted by atomic mass is 10.2. The highest BCUT2D eigenvalue weighted by Crippen LogP contribution is 2.12. The molecular formula is C10H17NO5S. The summed E-state index contributed by atoms with van der Waals surface area (Å²) in [6, 6.07) is -0.486. The van der Waals surface area contributed by atoms with Gasteiger partial charge in [-0.3, -0.25) is 4.79 Å². The lowest BCUT2D eigenvalue weighted by Crippen LogP contribution is -2.42. The Morgan fingerprint density at radius 2 is 1.88 bits per heavy atom. The van der Waals surface area contributed by atoms with Gasteiger partial charge in [-0.1, -0.05) is 0 Å². The molecule has 0 spiro atoms. The summed E-state index contributed by atoms with van der Waals surface area (Å²) in [6.45, 7) is 4.95. The first-order valence-corrected chi connectivity index (χ1v) is 7.15. The smallest absolute Gasteiger partial charge is 0.397 e. The Balaban J connectivity index is 2.48. The van der Waals surface area contributed by atoms with Crippen LogP contribution in [0.2, 0.25) is 0 Å². The molecule has 0 aromatic rings. The van der Waals surface area contributed by atoms with Crippen LogP contribution in [0.5, 0.6) is 0 Å². The number of carbonyl (C=O) groups is 2. The van der Waals surface area contributed by atoms with Gasteiger partial charge in [0, 0.05) is 6.04 Å². The van der Waals surface area contributed by atoms with Gasteiger partial charge >= 0.3 is 11.9 Å². The van der Waals surface area contributed by atoms with E-state index in [1.54, 1.807) is 20.8 Å². The summed E-state index contributed by atoms with van der Waals surface area (Å²) < 4.78 is 27.2. The highest BCUT2D eigenvalue weighted by molar-refractivity contribution is 7.91. The molecule has 0 radical (unpaired) electrons. The van der Waals surface area contributed by atoms with Crippen molar-refractivity contribution in [2.75, 3.05) is 11.5 Å². The molecule has 17 heavy (non-hydrogen) atoms. The van der Waals surface area contributed by atoms with E-state index in [2.05, 4.69) is 5.32 Å². The third-order valence-electron chi connectivity index (χ3n) is 2.15. The topological polar surface area (TPSA) is 89.5 Å². The van der Waals surface area contributed by atoms with Gasteiger partial charge in [-0.15, -0.1) is 0 Å². The predicted octanol–water partition coefficient (Wildman–Crippen LogP) is -0.369. The Kier molecular flexibility index (Phi) is 3.81. The first-order valence-electron chi connectivity index (χ1n) is 5.33. The Morgan fingerprint density at radius 3 is 2.29 bits per heavy atom. The zero-order valence-corrected chi connectivity index (χ0v) is 11.0. The van der Waals surface area contributed by atoms with E-state index < -0.39 is 33.4 Å². The van der Waals surface area contributed by atoms with Crippen LogP contribution in [0.3, 0.4) is 0 Å². The van der Waals surface area contributed by atoms with E-state index >= 15 is 0 Å². The van der Waals surface area contributed by atoms with Crippen molar-refractivity contribution in [1.82, 2.24) is 5.32 Å². The first kappa shape index (κ1) is 14.0. The Labute approximate surface area is 101 Å². The zero-order chi connectivity index (χ0) is 13.3. The van der Waals surface area contributed by atoms with Gasteiger partial charge in [0.25, 0.3) is 0 Å². The van der Waals surface area contributed by atoms with E-state index in [-0.39, 0.29) is 11.5 Å². The van der Waals surface area contributed by atoms with E-state index in [1.165, 1.54) is 0 Å². The maximum atomic E-state index is 11.4. The Bertz CT molecular complexity index is 420. The summed E-state index contributed by atoms with van der Waals surface area (Å²) in [5, 5.41) is 2.36. The molecule has 0 aliphatic carbocycles. The van der Waals surface area contributed by atoms with Gasteiger partial charge < -0.3 is 10.1 Å². The fourth-order valence-corrected chi connectivity index (χ4v) is 3.15. The van der Waals surface area contributed by atoms with Gasteiger partial charge in [0.05, 0.1) is 11.5 Å². The highest BCUT2D eigenvalue weighted by Gasteiger charge is 2.31. The van der Waals surface area contributed by atoms with Crippen molar-refractivity contribution >= 4 is 21.7 Å². The van der Waals surface area contributed by atoms with Crippen molar-refractivity contribution in [1.29, 1.82) is 0 Å². The molecule has 1 unspecified atom stereocenters. The molecule has 1 aliphatic heterocycles. The molecular weight excluding hydrogens is 246 g/mol. The number of nitrogens with one attached hydrogen (secondary N) is 1. The van der Waals surface area contributed by atoms with Gasteiger partial charge in [-0.25, -0.2) is 13.2 Å². The van der Waals surface area contributed by atoms with Crippen LogP contribution in [0, 0.1) is 0 Å². The Hall–Kier alpha value is -1.11. The number of amides is 1. The minimum Gasteiger partial charge on any atom is -0.453 e. The van der Waals surface area contributed by atoms with Gasteiger partial charge in [0.1, 0.15) is 5.60 Å². The van der Waals surface area contributed by atoms with Crippen LogP contribution in [0.25, 0.3) is 0 Å². The number of sulfone groups is 1. The second kappa shape index (κ2) is 4.64. The minimum atomic E-state index is -3.07. The predicted molar refractivity (Wildman–Crippen MR) is 61.0 cm³/mol. The molecule has 1 fully saturated rings. The van der Waals surface area contributed by atoms with Crippen LogP contribution in [-0.2, 0) is 24.2 Å². The molecule has 0 aromatic heterocycles. The van der Waals surface area contributed by atoms with Crippen LogP contribution < -0.4 is 5.32 Å². The Morgan fingerprint density at radius 1 is 1.29 bits per heavy atom. The lowest BCUT2D eigenvalue weighted by Gasteiger charge is -2.19.